The summed E-state index contributed by atoms with van der Waals surface area (Å²) >= 11 is 0. The Bertz CT molecular complexity index is 574. The van der Waals surface area contributed by atoms with Gasteiger partial charge < -0.3 is 5.32 Å². The van der Waals surface area contributed by atoms with Crippen molar-refractivity contribution in [1.29, 1.82) is 0 Å². The smallest absolute Gasteiger partial charge is 0.225 e. The summed E-state index contributed by atoms with van der Waals surface area (Å²) in [6.45, 7) is 1.85. The van der Waals surface area contributed by atoms with Gasteiger partial charge in [-0.05, 0) is 86.3 Å². The van der Waals surface area contributed by atoms with Crippen molar-refractivity contribution in [1.82, 2.24) is 0 Å². The molecule has 4 aliphatic rings. The molecule has 1 aromatic rings. The fraction of sp³-hybridized carbons (Fsp3) is 0.632. The van der Waals surface area contributed by atoms with Crippen molar-refractivity contribution >= 4 is 11.6 Å². The maximum Gasteiger partial charge on any atom is 0.225 e. The highest BCUT2D eigenvalue weighted by Crippen LogP contribution is 2.61. The summed E-state index contributed by atoms with van der Waals surface area (Å²) in [6, 6.07) is 4.98. The Morgan fingerprint density at radius 1 is 1.18 bits per heavy atom. The molecule has 5 rings (SSSR count). The van der Waals surface area contributed by atoms with E-state index >= 15 is 0 Å². The molecule has 0 unspecified atom stereocenters. The molecule has 118 valence electrons. The molecule has 0 atom stereocenters. The van der Waals surface area contributed by atoms with Crippen LogP contribution >= 0.6 is 0 Å². The number of hydrogen-bond donors (Lipinski definition) is 1. The number of hydrogen-bond acceptors (Lipinski definition) is 1. The molecule has 4 saturated carbocycles. The molecule has 2 nitrogen and oxygen atoms in total. The average Bonchev–Trinajstić information content (AvgIpc) is 2.39. The van der Waals surface area contributed by atoms with E-state index in [1.165, 1.54) is 44.6 Å². The molecule has 0 heterocycles. The van der Waals surface area contributed by atoms with Crippen LogP contribution in [-0.2, 0) is 4.79 Å². The van der Waals surface area contributed by atoms with Gasteiger partial charge in [0.25, 0.3) is 0 Å². The first-order valence-electron chi connectivity index (χ1n) is 8.57. The second kappa shape index (κ2) is 5.07. The van der Waals surface area contributed by atoms with Crippen LogP contribution < -0.4 is 5.32 Å². The third-order valence-corrected chi connectivity index (χ3v) is 6.10. The van der Waals surface area contributed by atoms with Crippen molar-refractivity contribution < 1.29 is 9.18 Å². The van der Waals surface area contributed by atoms with Crippen molar-refractivity contribution in [2.45, 2.75) is 51.9 Å². The zero-order valence-electron chi connectivity index (χ0n) is 13.2. The topological polar surface area (TPSA) is 29.1 Å². The summed E-state index contributed by atoms with van der Waals surface area (Å²) < 4.78 is 13.9. The fourth-order valence-electron chi connectivity index (χ4n) is 5.76. The van der Waals surface area contributed by atoms with Gasteiger partial charge in [0.2, 0.25) is 5.91 Å². The predicted molar refractivity (Wildman–Crippen MR) is 85.0 cm³/mol. The third-order valence-electron chi connectivity index (χ3n) is 6.10. The number of aryl methyl sites for hydroxylation is 1. The molecule has 0 aliphatic heterocycles. The minimum Gasteiger partial charge on any atom is -0.324 e. The second-order valence-corrected chi connectivity index (χ2v) is 8.13. The van der Waals surface area contributed by atoms with Crippen LogP contribution in [-0.4, -0.2) is 5.91 Å². The molecule has 0 radical (unpaired) electrons. The summed E-state index contributed by atoms with van der Waals surface area (Å²) in [5.41, 5.74) is 1.40. The monoisotopic (exact) mass is 301 g/mol. The SMILES string of the molecule is Cc1ccc(NC(=O)CC23CC4CC(CC(C4)C2)C3)c(F)c1. The maximum absolute atomic E-state index is 13.9. The van der Waals surface area contributed by atoms with Crippen molar-refractivity contribution in [2.24, 2.45) is 23.2 Å². The highest BCUT2D eigenvalue weighted by molar-refractivity contribution is 5.91. The summed E-state index contributed by atoms with van der Waals surface area (Å²) in [5.74, 6) is 2.18. The number of benzene rings is 1. The molecule has 0 saturated heterocycles. The van der Waals surface area contributed by atoms with Gasteiger partial charge in [-0.15, -0.1) is 0 Å². The van der Waals surface area contributed by atoms with E-state index in [0.29, 0.717) is 12.1 Å². The van der Waals surface area contributed by atoms with Gasteiger partial charge in [-0.2, -0.15) is 0 Å². The predicted octanol–water partition coefficient (Wildman–Crippen LogP) is 4.68. The Kier molecular flexibility index (Phi) is 3.28. The van der Waals surface area contributed by atoms with Crippen LogP contribution in [0.2, 0.25) is 0 Å². The first-order valence-corrected chi connectivity index (χ1v) is 8.57. The van der Waals surface area contributed by atoms with E-state index < -0.39 is 0 Å². The molecule has 0 spiro atoms. The highest BCUT2D eigenvalue weighted by Gasteiger charge is 2.51. The number of halogens is 1. The van der Waals surface area contributed by atoms with Crippen molar-refractivity contribution in [2.75, 3.05) is 5.32 Å². The van der Waals surface area contributed by atoms with E-state index in [9.17, 15) is 9.18 Å². The maximum atomic E-state index is 13.9. The Hall–Kier alpha value is -1.38. The van der Waals surface area contributed by atoms with Gasteiger partial charge in [-0.3, -0.25) is 4.79 Å². The largest absolute Gasteiger partial charge is 0.324 e. The van der Waals surface area contributed by atoms with E-state index in [1.807, 2.05) is 13.0 Å². The Labute approximate surface area is 131 Å². The van der Waals surface area contributed by atoms with Crippen LogP contribution in [0.1, 0.15) is 50.5 Å². The minimum absolute atomic E-state index is 0.00953. The summed E-state index contributed by atoms with van der Waals surface area (Å²) in [6.07, 6.45) is 8.35. The Morgan fingerprint density at radius 2 is 1.77 bits per heavy atom. The van der Waals surface area contributed by atoms with E-state index in [0.717, 1.165) is 23.3 Å². The molecule has 4 bridgehead atoms. The summed E-state index contributed by atoms with van der Waals surface area (Å²) in [7, 11) is 0. The lowest BCUT2D eigenvalue weighted by molar-refractivity contribution is -0.124. The fourth-order valence-corrected chi connectivity index (χ4v) is 5.76. The van der Waals surface area contributed by atoms with Crippen LogP contribution in [0.15, 0.2) is 18.2 Å². The number of carbonyl (C=O) groups is 1. The number of rotatable bonds is 3. The number of nitrogens with one attached hydrogen (secondary N) is 1. The number of anilines is 1. The van der Waals surface area contributed by atoms with Gasteiger partial charge >= 0.3 is 0 Å². The Morgan fingerprint density at radius 3 is 2.32 bits per heavy atom. The zero-order chi connectivity index (χ0) is 15.3. The third kappa shape index (κ3) is 2.55. The molecule has 1 aromatic carbocycles. The standard InChI is InChI=1S/C19H24FNO/c1-12-2-3-17(16(20)4-12)21-18(22)11-19-8-13-5-14(9-19)7-15(6-13)10-19/h2-4,13-15H,5-11H2,1H3,(H,21,22). The molecule has 1 N–H and O–H groups in total. The first-order chi connectivity index (χ1) is 10.5. The summed E-state index contributed by atoms with van der Waals surface area (Å²) in [5, 5.41) is 2.80. The molecular formula is C19H24FNO. The molecule has 22 heavy (non-hydrogen) atoms. The van der Waals surface area contributed by atoms with E-state index in [1.54, 1.807) is 6.07 Å². The summed E-state index contributed by atoms with van der Waals surface area (Å²) in [4.78, 5) is 12.5. The van der Waals surface area contributed by atoms with E-state index in [2.05, 4.69) is 5.32 Å². The van der Waals surface area contributed by atoms with E-state index in [-0.39, 0.29) is 17.1 Å². The van der Waals surface area contributed by atoms with Crippen molar-refractivity contribution in [3.63, 3.8) is 0 Å². The first kappa shape index (κ1) is 14.2. The highest BCUT2D eigenvalue weighted by atomic mass is 19.1. The quantitative estimate of drug-likeness (QED) is 0.863. The number of carbonyl (C=O) groups excluding carboxylic acids is 1. The molecule has 1 amide bonds. The molecule has 0 aromatic heterocycles. The van der Waals surface area contributed by atoms with Crippen LogP contribution in [0.4, 0.5) is 10.1 Å². The molecule has 4 fully saturated rings. The normalized spacial score (nSPS) is 35.6. The van der Waals surface area contributed by atoms with Crippen LogP contribution in [0.5, 0.6) is 0 Å². The lowest BCUT2D eigenvalue weighted by Gasteiger charge is -2.56. The Balaban J connectivity index is 1.46. The van der Waals surface area contributed by atoms with Gasteiger partial charge in [0.15, 0.2) is 0 Å². The van der Waals surface area contributed by atoms with Crippen LogP contribution in [0.25, 0.3) is 0 Å². The van der Waals surface area contributed by atoms with Crippen molar-refractivity contribution in [3.05, 3.63) is 29.6 Å². The average molecular weight is 301 g/mol. The van der Waals surface area contributed by atoms with Gasteiger partial charge in [0, 0.05) is 6.42 Å². The zero-order valence-corrected chi connectivity index (χ0v) is 13.2. The van der Waals surface area contributed by atoms with E-state index in [4.69, 9.17) is 0 Å². The van der Waals surface area contributed by atoms with Crippen LogP contribution in [0, 0.1) is 35.9 Å². The molecule has 3 heteroatoms. The van der Waals surface area contributed by atoms with Crippen LogP contribution in [0.3, 0.4) is 0 Å². The van der Waals surface area contributed by atoms with Crippen molar-refractivity contribution in [3.8, 4) is 0 Å². The minimum atomic E-state index is -0.334. The van der Waals surface area contributed by atoms with Gasteiger partial charge in [0.1, 0.15) is 5.82 Å². The molecular weight excluding hydrogens is 277 g/mol. The molecule has 4 aliphatic carbocycles. The van der Waals surface area contributed by atoms with Gasteiger partial charge in [-0.25, -0.2) is 4.39 Å². The van der Waals surface area contributed by atoms with Gasteiger partial charge in [0.05, 0.1) is 5.69 Å². The number of amides is 1. The lowest BCUT2D eigenvalue weighted by atomic mass is 9.49. The van der Waals surface area contributed by atoms with Gasteiger partial charge in [-0.1, -0.05) is 6.07 Å². The second-order valence-electron chi connectivity index (χ2n) is 8.13. The lowest BCUT2D eigenvalue weighted by Crippen LogP contribution is -2.47.